The van der Waals surface area contributed by atoms with Gasteiger partial charge < -0.3 is 16.0 Å². The third kappa shape index (κ3) is 5.68. The molecule has 6 nitrogen and oxygen atoms in total. The van der Waals surface area contributed by atoms with Crippen molar-refractivity contribution < 1.29 is 14.4 Å². The van der Waals surface area contributed by atoms with E-state index in [-0.39, 0.29) is 11.8 Å². The van der Waals surface area contributed by atoms with E-state index in [1.165, 1.54) is 6.07 Å². The van der Waals surface area contributed by atoms with Crippen LogP contribution >= 0.6 is 34.5 Å². The minimum atomic E-state index is -0.405. The molecule has 0 bridgehead atoms. The van der Waals surface area contributed by atoms with Gasteiger partial charge in [0.25, 0.3) is 17.7 Å². The molecular formula is C23H21Cl2N3O3S. The summed E-state index contributed by atoms with van der Waals surface area (Å²) in [6.07, 6.45) is 0.790. The van der Waals surface area contributed by atoms with E-state index < -0.39 is 5.91 Å². The molecule has 0 aliphatic heterocycles. The van der Waals surface area contributed by atoms with Crippen molar-refractivity contribution in [1.82, 2.24) is 5.32 Å². The maximum atomic E-state index is 12.9. The molecule has 32 heavy (non-hydrogen) atoms. The molecule has 0 radical (unpaired) electrons. The number of nitrogens with one attached hydrogen (secondary N) is 3. The van der Waals surface area contributed by atoms with Gasteiger partial charge in [-0.2, -0.15) is 0 Å². The first-order chi connectivity index (χ1) is 15.3. The fraction of sp³-hybridized carbons (Fsp3) is 0.174. The van der Waals surface area contributed by atoms with E-state index in [9.17, 15) is 14.4 Å². The molecule has 3 rings (SSSR count). The Morgan fingerprint density at radius 3 is 2.38 bits per heavy atom. The number of thiophene rings is 1. The van der Waals surface area contributed by atoms with E-state index in [2.05, 4.69) is 16.0 Å². The van der Waals surface area contributed by atoms with Crippen LogP contribution in [0, 0.1) is 6.92 Å². The second-order valence-corrected chi connectivity index (χ2v) is 8.85. The van der Waals surface area contributed by atoms with Crippen molar-refractivity contribution in [2.24, 2.45) is 0 Å². The number of amides is 3. The van der Waals surface area contributed by atoms with Crippen molar-refractivity contribution in [2.45, 2.75) is 20.3 Å². The molecule has 0 atom stereocenters. The third-order valence-corrected chi connectivity index (χ3v) is 6.21. The molecule has 9 heteroatoms. The van der Waals surface area contributed by atoms with E-state index in [4.69, 9.17) is 23.2 Å². The Hall–Kier alpha value is -2.87. The number of hydrogen-bond donors (Lipinski definition) is 3. The maximum Gasteiger partial charge on any atom is 0.266 e. The van der Waals surface area contributed by atoms with Crippen molar-refractivity contribution in [2.75, 3.05) is 17.2 Å². The van der Waals surface area contributed by atoms with Crippen LogP contribution in [0.1, 0.15) is 49.3 Å². The topological polar surface area (TPSA) is 87.3 Å². The second kappa shape index (κ2) is 10.6. The molecule has 0 fully saturated rings. The van der Waals surface area contributed by atoms with Gasteiger partial charge in [0.1, 0.15) is 0 Å². The zero-order chi connectivity index (χ0) is 23.3. The number of halogens is 2. The molecule has 1 heterocycles. The van der Waals surface area contributed by atoms with Gasteiger partial charge in [-0.1, -0.05) is 42.3 Å². The number of rotatable bonds is 7. The Balaban J connectivity index is 1.79. The molecule has 0 aliphatic carbocycles. The number of anilines is 2. The first-order valence-electron chi connectivity index (χ1n) is 9.85. The minimum absolute atomic E-state index is 0.297. The summed E-state index contributed by atoms with van der Waals surface area (Å²) in [7, 11) is 0. The summed E-state index contributed by atoms with van der Waals surface area (Å²) in [6.45, 7) is 4.24. The summed E-state index contributed by atoms with van der Waals surface area (Å²) < 4.78 is 0. The van der Waals surface area contributed by atoms with E-state index in [1.54, 1.807) is 49.4 Å². The molecule has 3 amide bonds. The van der Waals surface area contributed by atoms with E-state index >= 15 is 0 Å². The van der Waals surface area contributed by atoms with Gasteiger partial charge >= 0.3 is 0 Å². The van der Waals surface area contributed by atoms with Gasteiger partial charge in [-0.25, -0.2) is 0 Å². The molecule has 0 unspecified atom stereocenters. The van der Waals surface area contributed by atoms with Gasteiger partial charge in [-0.15, -0.1) is 11.3 Å². The van der Waals surface area contributed by atoms with Crippen molar-refractivity contribution in [3.8, 4) is 0 Å². The lowest BCUT2D eigenvalue weighted by Gasteiger charge is -2.11. The summed E-state index contributed by atoms with van der Waals surface area (Å²) in [5.74, 6) is -1.07. The number of aryl methyl sites for hydroxylation is 1. The molecule has 0 saturated heterocycles. The second-order valence-electron chi connectivity index (χ2n) is 6.96. The Morgan fingerprint density at radius 2 is 1.66 bits per heavy atom. The average molecular weight is 490 g/mol. The van der Waals surface area contributed by atoms with Gasteiger partial charge in [0.2, 0.25) is 0 Å². The predicted molar refractivity (Wildman–Crippen MR) is 130 cm³/mol. The molecule has 166 valence electrons. The normalized spacial score (nSPS) is 10.5. The number of benzene rings is 2. The number of hydrogen-bond acceptors (Lipinski definition) is 4. The lowest BCUT2D eigenvalue weighted by Crippen LogP contribution is -2.25. The number of carbonyl (C=O) groups excluding carboxylic acids is 3. The SMILES string of the molecule is CCCNC(=O)c1ccc(Cl)cc1NC(=O)c1sc(NC(=O)c2ccccc2Cl)cc1C. The smallest absolute Gasteiger partial charge is 0.266 e. The Kier molecular flexibility index (Phi) is 7.90. The van der Waals surface area contributed by atoms with Gasteiger partial charge in [0, 0.05) is 11.6 Å². The van der Waals surface area contributed by atoms with Crippen molar-refractivity contribution in [3.63, 3.8) is 0 Å². The van der Waals surface area contributed by atoms with Crippen molar-refractivity contribution in [3.05, 3.63) is 80.1 Å². The average Bonchev–Trinajstić information content (AvgIpc) is 3.12. The highest BCUT2D eigenvalue weighted by Gasteiger charge is 2.19. The molecule has 3 N–H and O–H groups in total. The first kappa shape index (κ1) is 23.8. The molecule has 1 aromatic heterocycles. The number of carbonyl (C=O) groups is 3. The van der Waals surface area contributed by atoms with Crippen LogP contribution < -0.4 is 16.0 Å². The predicted octanol–water partition coefficient (Wildman–Crippen LogP) is 6.01. The van der Waals surface area contributed by atoms with Gasteiger partial charge in [0.05, 0.1) is 31.7 Å². The highest BCUT2D eigenvalue weighted by molar-refractivity contribution is 7.18. The molecule has 2 aromatic carbocycles. The Bertz CT molecular complexity index is 1180. The van der Waals surface area contributed by atoms with E-state index in [0.29, 0.717) is 48.8 Å². The largest absolute Gasteiger partial charge is 0.352 e. The minimum Gasteiger partial charge on any atom is -0.352 e. The fourth-order valence-electron chi connectivity index (χ4n) is 2.92. The standard InChI is InChI=1S/C23H21Cl2N3O3S/c1-3-10-26-21(29)16-9-8-14(24)12-18(16)27-23(31)20-13(2)11-19(32-20)28-22(30)15-6-4-5-7-17(15)25/h4-9,11-12H,3,10H2,1-2H3,(H,26,29)(H,27,31)(H,28,30). The molecule has 0 spiro atoms. The third-order valence-electron chi connectivity index (χ3n) is 4.49. The van der Waals surface area contributed by atoms with Crippen LogP contribution in [0.4, 0.5) is 10.7 Å². The summed E-state index contributed by atoms with van der Waals surface area (Å²) in [6, 6.07) is 13.1. The maximum absolute atomic E-state index is 12.9. The van der Waals surface area contributed by atoms with Gasteiger partial charge in [-0.05, 0) is 55.3 Å². The summed E-state index contributed by atoms with van der Waals surface area (Å²) in [5, 5.41) is 9.56. The zero-order valence-corrected chi connectivity index (χ0v) is 19.8. The van der Waals surface area contributed by atoms with Gasteiger partial charge in [0.15, 0.2) is 0 Å². The van der Waals surface area contributed by atoms with E-state index in [1.807, 2.05) is 6.92 Å². The van der Waals surface area contributed by atoms with Crippen molar-refractivity contribution in [1.29, 1.82) is 0 Å². The molecule has 0 saturated carbocycles. The summed E-state index contributed by atoms with van der Waals surface area (Å²) in [5.41, 5.74) is 1.65. The van der Waals surface area contributed by atoms with Crippen LogP contribution in [0.15, 0.2) is 48.5 Å². The van der Waals surface area contributed by atoms with Crippen LogP contribution in [0.3, 0.4) is 0 Å². The van der Waals surface area contributed by atoms with E-state index in [0.717, 1.165) is 17.8 Å². The monoisotopic (exact) mass is 489 g/mol. The first-order valence-corrected chi connectivity index (χ1v) is 11.4. The summed E-state index contributed by atoms with van der Waals surface area (Å²) >= 11 is 13.3. The molecule has 3 aromatic rings. The van der Waals surface area contributed by atoms with Crippen LogP contribution in [-0.2, 0) is 0 Å². The lowest BCUT2D eigenvalue weighted by molar-refractivity contribution is 0.0953. The molecular weight excluding hydrogens is 469 g/mol. The Labute approximate surface area is 199 Å². The highest BCUT2D eigenvalue weighted by Crippen LogP contribution is 2.30. The summed E-state index contributed by atoms with van der Waals surface area (Å²) in [4.78, 5) is 38.3. The van der Waals surface area contributed by atoms with Crippen LogP contribution in [0.5, 0.6) is 0 Å². The Morgan fingerprint density at radius 1 is 0.906 bits per heavy atom. The fourth-order valence-corrected chi connectivity index (χ4v) is 4.28. The van der Waals surface area contributed by atoms with Crippen LogP contribution in [0.2, 0.25) is 10.0 Å². The lowest BCUT2D eigenvalue weighted by atomic mass is 10.1. The quantitative estimate of drug-likeness (QED) is 0.379. The highest BCUT2D eigenvalue weighted by atomic mass is 35.5. The molecule has 0 aliphatic rings. The van der Waals surface area contributed by atoms with Gasteiger partial charge in [-0.3, -0.25) is 14.4 Å². The van der Waals surface area contributed by atoms with Crippen LogP contribution in [0.25, 0.3) is 0 Å². The van der Waals surface area contributed by atoms with Crippen molar-refractivity contribution >= 4 is 62.9 Å². The zero-order valence-electron chi connectivity index (χ0n) is 17.4. The van der Waals surface area contributed by atoms with Crippen LogP contribution in [-0.4, -0.2) is 24.3 Å².